The summed E-state index contributed by atoms with van der Waals surface area (Å²) in [5.41, 5.74) is 8.63. The van der Waals surface area contributed by atoms with E-state index in [0.29, 0.717) is 31.0 Å². The lowest BCUT2D eigenvalue weighted by Crippen LogP contribution is -2.58. The number of carbonyl (C=O) groups excluding carboxylic acids is 1. The highest BCUT2D eigenvalue weighted by molar-refractivity contribution is 5.70. The topological polar surface area (TPSA) is 98.3 Å². The van der Waals surface area contributed by atoms with Crippen molar-refractivity contribution in [1.82, 2.24) is 19.7 Å². The van der Waals surface area contributed by atoms with Crippen LogP contribution in [0.4, 0.5) is 10.6 Å². The Kier molecular flexibility index (Phi) is 5.35. The van der Waals surface area contributed by atoms with E-state index >= 15 is 0 Å². The van der Waals surface area contributed by atoms with Gasteiger partial charge in [0.15, 0.2) is 0 Å². The van der Waals surface area contributed by atoms with Gasteiger partial charge < -0.3 is 20.7 Å². The highest BCUT2D eigenvalue weighted by Gasteiger charge is 2.36. The summed E-state index contributed by atoms with van der Waals surface area (Å²) in [5.74, 6) is 2.02. The fourth-order valence-electron chi connectivity index (χ4n) is 4.48. The molecule has 0 radical (unpaired) electrons. The molecule has 3 aliphatic rings. The predicted molar refractivity (Wildman–Crippen MR) is 123 cm³/mol. The predicted octanol–water partition coefficient (Wildman–Crippen LogP) is 3.76. The summed E-state index contributed by atoms with van der Waals surface area (Å²) in [4.78, 5) is 18.8. The summed E-state index contributed by atoms with van der Waals surface area (Å²) in [5, 5.41) is 8.44. The van der Waals surface area contributed by atoms with Gasteiger partial charge in [0.05, 0.1) is 23.5 Å². The summed E-state index contributed by atoms with van der Waals surface area (Å²) >= 11 is 0. The van der Waals surface area contributed by atoms with Crippen LogP contribution in [0.25, 0.3) is 11.3 Å². The van der Waals surface area contributed by atoms with Gasteiger partial charge >= 0.3 is 6.09 Å². The maximum Gasteiger partial charge on any atom is 0.410 e. The van der Waals surface area contributed by atoms with Crippen LogP contribution in [-0.2, 0) is 4.74 Å². The van der Waals surface area contributed by atoms with Crippen LogP contribution in [0.5, 0.6) is 0 Å². The van der Waals surface area contributed by atoms with Crippen LogP contribution in [0.2, 0.25) is 0 Å². The molecule has 32 heavy (non-hydrogen) atoms. The Bertz CT molecular complexity index is 981. The molecule has 2 saturated carbocycles. The Morgan fingerprint density at radius 3 is 2.66 bits per heavy atom. The molecule has 8 nitrogen and oxygen atoms in total. The number of aromatic nitrogens is 3. The van der Waals surface area contributed by atoms with E-state index in [4.69, 9.17) is 20.6 Å². The van der Waals surface area contributed by atoms with Gasteiger partial charge in [0.1, 0.15) is 11.4 Å². The van der Waals surface area contributed by atoms with E-state index in [0.717, 1.165) is 36.5 Å². The number of amides is 1. The number of hydrogen-bond acceptors (Lipinski definition) is 6. The third-order valence-corrected chi connectivity index (χ3v) is 6.55. The Balaban J connectivity index is 1.25. The maximum atomic E-state index is 12.2. The number of nitrogens with two attached hydrogens (primary N) is 1. The van der Waals surface area contributed by atoms with Crippen molar-refractivity contribution in [2.75, 3.05) is 25.0 Å². The third kappa shape index (κ3) is 4.46. The molecule has 3 fully saturated rings. The van der Waals surface area contributed by atoms with Gasteiger partial charge in [-0.2, -0.15) is 5.10 Å². The number of pyridine rings is 1. The van der Waals surface area contributed by atoms with Gasteiger partial charge in [0.2, 0.25) is 0 Å². The molecular weight excluding hydrogens is 404 g/mol. The zero-order chi connectivity index (χ0) is 22.5. The second-order valence-electron chi connectivity index (χ2n) is 10.5. The quantitative estimate of drug-likeness (QED) is 0.713. The zero-order valence-corrected chi connectivity index (χ0v) is 19.3. The SMILES string of the molecule is CC(C)(C)OC(=O)N1CC(Nc2cccc(-c3cn(C4CC(CN)C4)nc3C3CC3)n2)C1. The molecule has 5 rings (SSSR count). The lowest BCUT2D eigenvalue weighted by molar-refractivity contribution is 0.0104. The van der Waals surface area contributed by atoms with Crippen LogP contribution in [0.15, 0.2) is 24.4 Å². The molecule has 0 spiro atoms. The number of carbonyl (C=O) groups is 1. The van der Waals surface area contributed by atoms with E-state index in [9.17, 15) is 4.79 Å². The standard InChI is InChI=1S/C24H34N6O2/c1-24(2,3)32-23(31)29-12-17(13-29)26-21-6-4-5-20(27-21)19-14-30(18-9-15(10-18)11-25)28-22(19)16-7-8-16/h4-6,14-18H,7-13,25H2,1-3H3,(H,26,27). The van der Waals surface area contributed by atoms with Gasteiger partial charge in [-0.1, -0.05) is 6.07 Å². The molecule has 3 N–H and O–H groups in total. The van der Waals surface area contributed by atoms with E-state index < -0.39 is 5.60 Å². The number of anilines is 1. The Hall–Kier alpha value is -2.61. The van der Waals surface area contributed by atoms with Gasteiger partial charge in [0, 0.05) is 30.8 Å². The largest absolute Gasteiger partial charge is 0.444 e. The number of ether oxygens (including phenoxy) is 1. The van der Waals surface area contributed by atoms with Crippen LogP contribution < -0.4 is 11.1 Å². The van der Waals surface area contributed by atoms with Gasteiger partial charge in [-0.15, -0.1) is 0 Å². The van der Waals surface area contributed by atoms with Crippen molar-refractivity contribution in [3.05, 3.63) is 30.1 Å². The highest BCUT2D eigenvalue weighted by atomic mass is 16.6. The molecule has 1 aliphatic heterocycles. The maximum absolute atomic E-state index is 12.2. The fraction of sp³-hybridized carbons (Fsp3) is 0.625. The van der Waals surface area contributed by atoms with Crippen LogP contribution in [0.3, 0.4) is 0 Å². The van der Waals surface area contributed by atoms with Crippen molar-refractivity contribution < 1.29 is 9.53 Å². The molecule has 0 aromatic carbocycles. The minimum atomic E-state index is -0.472. The third-order valence-electron chi connectivity index (χ3n) is 6.55. The molecule has 172 valence electrons. The monoisotopic (exact) mass is 438 g/mol. The molecule has 2 aliphatic carbocycles. The van der Waals surface area contributed by atoms with Crippen molar-refractivity contribution in [3.8, 4) is 11.3 Å². The molecule has 2 aromatic rings. The van der Waals surface area contributed by atoms with Crippen LogP contribution in [0, 0.1) is 5.92 Å². The second-order valence-corrected chi connectivity index (χ2v) is 10.5. The van der Waals surface area contributed by atoms with Gasteiger partial charge in [0.25, 0.3) is 0 Å². The molecule has 0 atom stereocenters. The summed E-state index contributed by atoms with van der Waals surface area (Å²) in [7, 11) is 0. The molecule has 1 saturated heterocycles. The average molecular weight is 439 g/mol. The number of hydrogen-bond donors (Lipinski definition) is 2. The highest BCUT2D eigenvalue weighted by Crippen LogP contribution is 2.45. The van der Waals surface area contributed by atoms with Crippen molar-refractivity contribution in [1.29, 1.82) is 0 Å². The minimum absolute atomic E-state index is 0.180. The van der Waals surface area contributed by atoms with Crippen molar-refractivity contribution >= 4 is 11.9 Å². The first-order valence-corrected chi connectivity index (χ1v) is 11.8. The first-order valence-electron chi connectivity index (χ1n) is 11.8. The number of likely N-dealkylation sites (tertiary alicyclic amines) is 1. The van der Waals surface area contributed by atoms with E-state index in [-0.39, 0.29) is 12.1 Å². The summed E-state index contributed by atoms with van der Waals surface area (Å²) in [6.07, 6.45) is 6.58. The number of nitrogens with one attached hydrogen (secondary N) is 1. The summed E-state index contributed by atoms with van der Waals surface area (Å²) < 4.78 is 7.59. The van der Waals surface area contributed by atoms with E-state index in [1.807, 2.05) is 32.9 Å². The molecule has 0 unspecified atom stereocenters. The van der Waals surface area contributed by atoms with E-state index in [1.165, 1.54) is 18.5 Å². The van der Waals surface area contributed by atoms with Crippen LogP contribution >= 0.6 is 0 Å². The normalized spacial score (nSPS) is 23.4. The number of nitrogens with zero attached hydrogens (tertiary/aromatic N) is 4. The van der Waals surface area contributed by atoms with Gasteiger partial charge in [-0.25, -0.2) is 9.78 Å². The summed E-state index contributed by atoms with van der Waals surface area (Å²) in [6, 6.07) is 6.73. The smallest absolute Gasteiger partial charge is 0.410 e. The average Bonchev–Trinajstić information content (AvgIpc) is 3.42. The Morgan fingerprint density at radius 1 is 1.25 bits per heavy atom. The lowest BCUT2D eigenvalue weighted by Gasteiger charge is -2.40. The molecule has 0 bridgehead atoms. The van der Waals surface area contributed by atoms with Crippen molar-refractivity contribution in [2.24, 2.45) is 11.7 Å². The van der Waals surface area contributed by atoms with Crippen molar-refractivity contribution in [2.45, 2.75) is 70.1 Å². The molecule has 1 amide bonds. The van der Waals surface area contributed by atoms with Gasteiger partial charge in [-0.05, 0) is 71.0 Å². The first kappa shape index (κ1) is 21.2. The Labute approximate surface area is 189 Å². The number of rotatable bonds is 6. The second kappa shape index (κ2) is 8.06. The van der Waals surface area contributed by atoms with Crippen molar-refractivity contribution in [3.63, 3.8) is 0 Å². The molecule has 8 heteroatoms. The first-order chi connectivity index (χ1) is 15.3. The molecule has 2 aromatic heterocycles. The Morgan fingerprint density at radius 2 is 2.00 bits per heavy atom. The van der Waals surface area contributed by atoms with Gasteiger partial charge in [-0.3, -0.25) is 4.68 Å². The van der Waals surface area contributed by atoms with E-state index in [1.54, 1.807) is 4.90 Å². The van der Waals surface area contributed by atoms with E-state index in [2.05, 4.69) is 22.3 Å². The zero-order valence-electron chi connectivity index (χ0n) is 19.3. The van der Waals surface area contributed by atoms with Crippen LogP contribution in [0.1, 0.15) is 64.1 Å². The minimum Gasteiger partial charge on any atom is -0.444 e. The van der Waals surface area contributed by atoms with Crippen LogP contribution in [-0.4, -0.2) is 57.0 Å². The molecule has 3 heterocycles. The fourth-order valence-corrected chi connectivity index (χ4v) is 4.48. The lowest BCUT2D eigenvalue weighted by atomic mass is 9.80. The molecular formula is C24H34N6O2. The summed E-state index contributed by atoms with van der Waals surface area (Å²) in [6.45, 7) is 7.66.